The van der Waals surface area contributed by atoms with E-state index in [1.54, 1.807) is 0 Å². The summed E-state index contributed by atoms with van der Waals surface area (Å²) in [6.45, 7) is 9.11. The van der Waals surface area contributed by atoms with Crippen LogP contribution >= 0.6 is 0 Å². The number of allylic oxidation sites excluding steroid dienone is 3. The second-order valence-electron chi connectivity index (χ2n) is 3.64. The molecule has 0 aliphatic heterocycles. The molecule has 0 fully saturated rings. The fourth-order valence-corrected chi connectivity index (χ4v) is 1.53. The Morgan fingerprint density at radius 3 is 2.31 bits per heavy atom. The molecule has 2 heteroatoms. The topological polar surface area (TPSA) is 18.5 Å². The first-order chi connectivity index (χ1) is 7.85. The Morgan fingerprint density at radius 2 is 1.75 bits per heavy atom. The van der Waals surface area contributed by atoms with Gasteiger partial charge in [0.15, 0.2) is 6.29 Å². The molecule has 0 aromatic heterocycles. The van der Waals surface area contributed by atoms with E-state index in [9.17, 15) is 0 Å². The van der Waals surface area contributed by atoms with Crippen LogP contribution in [0.25, 0.3) is 0 Å². The molecular formula is C14H26O2. The molecule has 0 bridgehead atoms. The Bertz CT molecular complexity index is 170. The van der Waals surface area contributed by atoms with Crippen molar-refractivity contribution in [2.24, 2.45) is 0 Å². The Labute approximate surface area is 100 Å². The number of ether oxygens (including phenoxy) is 2. The fourth-order valence-electron chi connectivity index (χ4n) is 1.53. The molecule has 0 saturated carbocycles. The molecule has 0 aromatic rings. The van der Waals surface area contributed by atoms with Gasteiger partial charge in [0, 0.05) is 13.2 Å². The van der Waals surface area contributed by atoms with Gasteiger partial charge in [-0.25, -0.2) is 0 Å². The Morgan fingerprint density at radius 1 is 1.06 bits per heavy atom. The third-order valence-electron chi connectivity index (χ3n) is 2.29. The number of rotatable bonds is 11. The number of unbranched alkanes of at least 4 members (excludes halogenated alkanes) is 3. The highest BCUT2D eigenvalue weighted by Crippen LogP contribution is 2.09. The molecule has 0 rings (SSSR count). The molecule has 0 heterocycles. The van der Waals surface area contributed by atoms with Gasteiger partial charge < -0.3 is 9.47 Å². The summed E-state index contributed by atoms with van der Waals surface area (Å²) < 4.78 is 11.0. The van der Waals surface area contributed by atoms with Gasteiger partial charge in [0.05, 0.1) is 0 Å². The third kappa shape index (κ3) is 9.94. The van der Waals surface area contributed by atoms with Crippen molar-refractivity contribution in [2.75, 3.05) is 13.2 Å². The van der Waals surface area contributed by atoms with E-state index in [1.807, 2.05) is 26.0 Å². The monoisotopic (exact) mass is 226 g/mol. The lowest BCUT2D eigenvalue weighted by atomic mass is 10.1. The number of hydrogen-bond acceptors (Lipinski definition) is 2. The Kier molecular flexibility index (Phi) is 12.0. The maximum atomic E-state index is 5.48. The van der Waals surface area contributed by atoms with E-state index >= 15 is 0 Å². The van der Waals surface area contributed by atoms with Crippen LogP contribution in [0.3, 0.4) is 0 Å². The lowest BCUT2D eigenvalue weighted by Crippen LogP contribution is -2.17. The number of hydrogen-bond donors (Lipinski definition) is 0. The van der Waals surface area contributed by atoms with Crippen molar-refractivity contribution in [1.82, 2.24) is 0 Å². The van der Waals surface area contributed by atoms with Crippen LogP contribution in [0, 0.1) is 0 Å². The summed E-state index contributed by atoms with van der Waals surface area (Å²) >= 11 is 0. The Hall–Kier alpha value is -0.600. The molecule has 0 aliphatic carbocycles. The summed E-state index contributed by atoms with van der Waals surface area (Å²) in [4.78, 5) is 0. The molecule has 0 amide bonds. The predicted octanol–water partition coefficient (Wildman–Crippen LogP) is 4.08. The van der Waals surface area contributed by atoms with Crippen molar-refractivity contribution in [3.05, 3.63) is 24.8 Å². The van der Waals surface area contributed by atoms with Crippen molar-refractivity contribution < 1.29 is 9.47 Å². The van der Waals surface area contributed by atoms with Crippen molar-refractivity contribution in [3.8, 4) is 0 Å². The van der Waals surface area contributed by atoms with Crippen LogP contribution < -0.4 is 0 Å². The van der Waals surface area contributed by atoms with Gasteiger partial charge in [0.1, 0.15) is 0 Å². The summed E-state index contributed by atoms with van der Waals surface area (Å²) in [5.41, 5.74) is 0. The van der Waals surface area contributed by atoms with Gasteiger partial charge in [-0.15, -0.1) is 0 Å². The molecule has 0 aromatic carbocycles. The zero-order valence-corrected chi connectivity index (χ0v) is 10.8. The lowest BCUT2D eigenvalue weighted by molar-refractivity contribution is -0.140. The average molecular weight is 226 g/mol. The summed E-state index contributed by atoms with van der Waals surface area (Å²) in [7, 11) is 0. The molecule has 16 heavy (non-hydrogen) atoms. The van der Waals surface area contributed by atoms with E-state index in [1.165, 1.54) is 19.3 Å². The third-order valence-corrected chi connectivity index (χ3v) is 2.29. The minimum absolute atomic E-state index is 0.00119. The highest BCUT2D eigenvalue weighted by Gasteiger charge is 2.06. The van der Waals surface area contributed by atoms with Gasteiger partial charge in [-0.3, -0.25) is 0 Å². The van der Waals surface area contributed by atoms with Crippen molar-refractivity contribution >= 4 is 0 Å². The summed E-state index contributed by atoms with van der Waals surface area (Å²) in [5, 5.41) is 0. The molecule has 0 spiro atoms. The second-order valence-corrected chi connectivity index (χ2v) is 3.64. The van der Waals surface area contributed by atoms with Crippen LogP contribution in [0.5, 0.6) is 0 Å². The Balaban J connectivity index is 3.38. The van der Waals surface area contributed by atoms with Crippen LogP contribution in [0.1, 0.15) is 46.0 Å². The molecule has 94 valence electrons. The van der Waals surface area contributed by atoms with Gasteiger partial charge in [-0.1, -0.05) is 31.2 Å². The maximum absolute atomic E-state index is 5.48. The zero-order valence-electron chi connectivity index (χ0n) is 10.8. The minimum Gasteiger partial charge on any atom is -0.353 e. The van der Waals surface area contributed by atoms with Crippen molar-refractivity contribution in [3.63, 3.8) is 0 Å². The van der Waals surface area contributed by atoms with Crippen molar-refractivity contribution in [1.29, 1.82) is 0 Å². The van der Waals surface area contributed by atoms with Crippen LogP contribution in [0.2, 0.25) is 0 Å². The van der Waals surface area contributed by atoms with E-state index in [4.69, 9.17) is 9.47 Å². The van der Waals surface area contributed by atoms with Gasteiger partial charge in [-0.05, 0) is 39.5 Å². The molecular weight excluding hydrogens is 200 g/mol. The first-order valence-electron chi connectivity index (χ1n) is 6.35. The van der Waals surface area contributed by atoms with E-state index in [-0.39, 0.29) is 6.29 Å². The van der Waals surface area contributed by atoms with E-state index < -0.39 is 0 Å². The van der Waals surface area contributed by atoms with Gasteiger partial charge >= 0.3 is 0 Å². The summed E-state index contributed by atoms with van der Waals surface area (Å²) in [6.07, 6.45) is 11.8. The summed E-state index contributed by atoms with van der Waals surface area (Å²) in [6, 6.07) is 0. The van der Waals surface area contributed by atoms with Crippen LogP contribution in [0.4, 0.5) is 0 Å². The average Bonchev–Trinajstić information content (AvgIpc) is 2.28. The van der Waals surface area contributed by atoms with Crippen LogP contribution in [-0.2, 0) is 9.47 Å². The minimum atomic E-state index is -0.00119. The maximum Gasteiger partial charge on any atom is 0.157 e. The normalized spacial score (nSPS) is 11.4. The summed E-state index contributed by atoms with van der Waals surface area (Å²) in [5.74, 6) is 0. The molecule has 0 aliphatic rings. The van der Waals surface area contributed by atoms with Gasteiger partial charge in [0.25, 0.3) is 0 Å². The standard InChI is InChI=1S/C14H26O2/c1-4-7-8-9-10-11-12-13-14(15-5-2)16-6-3/h4,7-8,14H,1,5-6,9-13H2,2-3H3. The fraction of sp³-hybridized carbons (Fsp3) is 0.714. The molecule has 0 atom stereocenters. The molecule has 0 N–H and O–H groups in total. The molecule has 0 saturated heterocycles. The SMILES string of the molecule is C=CC=CCCCCCC(OCC)OCC. The van der Waals surface area contributed by atoms with Crippen molar-refractivity contribution in [2.45, 2.75) is 52.2 Å². The zero-order chi connectivity index (χ0) is 12.1. The second kappa shape index (κ2) is 12.5. The first-order valence-corrected chi connectivity index (χ1v) is 6.35. The van der Waals surface area contributed by atoms with E-state index in [0.29, 0.717) is 0 Å². The molecule has 0 unspecified atom stereocenters. The largest absolute Gasteiger partial charge is 0.353 e. The van der Waals surface area contributed by atoms with E-state index in [0.717, 1.165) is 26.1 Å². The quantitative estimate of drug-likeness (QED) is 0.300. The first kappa shape index (κ1) is 15.4. The molecule has 0 radical (unpaired) electrons. The van der Waals surface area contributed by atoms with Crippen LogP contribution in [-0.4, -0.2) is 19.5 Å². The molecule has 2 nitrogen and oxygen atoms in total. The highest BCUT2D eigenvalue weighted by atomic mass is 16.7. The van der Waals surface area contributed by atoms with Crippen LogP contribution in [0.15, 0.2) is 24.8 Å². The van der Waals surface area contributed by atoms with Gasteiger partial charge in [-0.2, -0.15) is 0 Å². The highest BCUT2D eigenvalue weighted by molar-refractivity contribution is 4.96. The lowest BCUT2D eigenvalue weighted by Gasteiger charge is -2.16. The predicted molar refractivity (Wildman–Crippen MR) is 69.5 cm³/mol. The van der Waals surface area contributed by atoms with Gasteiger partial charge in [0.2, 0.25) is 0 Å². The smallest absolute Gasteiger partial charge is 0.157 e. The van der Waals surface area contributed by atoms with E-state index in [2.05, 4.69) is 12.7 Å².